The number of nitrogens with zero attached hydrogens (tertiary/aromatic N) is 2. The predicted molar refractivity (Wildman–Crippen MR) is 67.4 cm³/mol. The molecule has 0 spiro atoms. The van der Waals surface area contributed by atoms with Gasteiger partial charge in [0.15, 0.2) is 5.69 Å². The molecular weight excluding hydrogens is 284 g/mol. The summed E-state index contributed by atoms with van der Waals surface area (Å²) in [6, 6.07) is 7.72. The maximum Gasteiger partial charge on any atom is 0.354 e. The number of fused-ring (bicyclic) bond motifs is 3. The Morgan fingerprint density at radius 2 is 2.18 bits per heavy atom. The molecule has 0 fully saturated rings. The molecule has 5 heteroatoms. The minimum Gasteiger partial charge on any atom is -0.477 e. The lowest BCUT2D eigenvalue weighted by Gasteiger charge is -2.02. The molecule has 2 heterocycles. The molecule has 0 aliphatic heterocycles. The van der Waals surface area contributed by atoms with Crippen LogP contribution in [-0.2, 0) is 0 Å². The minimum absolute atomic E-state index is 0.168. The van der Waals surface area contributed by atoms with Gasteiger partial charge in [0, 0.05) is 16.1 Å². The Kier molecular flexibility index (Phi) is 2.16. The second-order valence-corrected chi connectivity index (χ2v) is 4.61. The molecule has 3 aromatic rings. The molecule has 0 aliphatic carbocycles. The van der Waals surface area contributed by atoms with E-state index in [2.05, 4.69) is 20.9 Å². The molecule has 3 rings (SSSR count). The van der Waals surface area contributed by atoms with Crippen molar-refractivity contribution in [2.24, 2.45) is 0 Å². The maximum absolute atomic E-state index is 11.0. The molecule has 0 atom stereocenters. The Labute approximate surface area is 105 Å². The van der Waals surface area contributed by atoms with Gasteiger partial charge in [-0.1, -0.05) is 22.0 Å². The summed E-state index contributed by atoms with van der Waals surface area (Å²) in [7, 11) is 0. The van der Waals surface area contributed by atoms with E-state index in [4.69, 9.17) is 5.11 Å². The lowest BCUT2D eigenvalue weighted by Crippen LogP contribution is -2.01. The van der Waals surface area contributed by atoms with Crippen LogP contribution in [0, 0.1) is 0 Å². The summed E-state index contributed by atoms with van der Waals surface area (Å²) in [6.07, 6.45) is 3.10. The molecule has 0 radical (unpaired) electrons. The third-order valence-electron chi connectivity index (χ3n) is 2.68. The molecule has 0 unspecified atom stereocenters. The van der Waals surface area contributed by atoms with Crippen LogP contribution in [-0.4, -0.2) is 20.5 Å². The largest absolute Gasteiger partial charge is 0.477 e. The third kappa shape index (κ3) is 1.51. The topological polar surface area (TPSA) is 54.6 Å². The highest BCUT2D eigenvalue weighted by atomic mass is 79.9. The zero-order valence-electron chi connectivity index (χ0n) is 8.59. The van der Waals surface area contributed by atoms with Crippen LogP contribution in [0.5, 0.6) is 0 Å². The van der Waals surface area contributed by atoms with Crippen LogP contribution in [0.15, 0.2) is 41.1 Å². The number of carboxylic acids is 1. The number of aromatic carboxylic acids is 1. The Bertz CT molecular complexity index is 749. The molecule has 0 saturated carbocycles. The highest BCUT2D eigenvalue weighted by molar-refractivity contribution is 9.10. The van der Waals surface area contributed by atoms with Gasteiger partial charge in [0.1, 0.15) is 5.65 Å². The van der Waals surface area contributed by atoms with Gasteiger partial charge in [0.25, 0.3) is 0 Å². The number of carboxylic acid groups (broad SMARTS) is 1. The van der Waals surface area contributed by atoms with E-state index in [0.29, 0.717) is 5.65 Å². The molecule has 17 heavy (non-hydrogen) atoms. The van der Waals surface area contributed by atoms with E-state index in [1.165, 1.54) is 6.20 Å². The average molecular weight is 291 g/mol. The number of benzene rings is 1. The lowest BCUT2D eigenvalue weighted by molar-refractivity contribution is 0.0689. The molecule has 4 nitrogen and oxygen atoms in total. The SMILES string of the molecule is O=C(O)c1cnc2c3cc(Br)ccc3ccn12. The van der Waals surface area contributed by atoms with E-state index in [0.717, 1.165) is 15.2 Å². The Morgan fingerprint density at radius 1 is 1.35 bits per heavy atom. The highest BCUT2D eigenvalue weighted by Gasteiger charge is 2.12. The molecule has 0 saturated heterocycles. The van der Waals surface area contributed by atoms with E-state index in [1.807, 2.05) is 24.3 Å². The minimum atomic E-state index is -0.980. The quantitative estimate of drug-likeness (QED) is 0.750. The fourth-order valence-corrected chi connectivity index (χ4v) is 2.25. The summed E-state index contributed by atoms with van der Waals surface area (Å²) in [5.41, 5.74) is 0.822. The Morgan fingerprint density at radius 3 is 2.94 bits per heavy atom. The van der Waals surface area contributed by atoms with Crippen molar-refractivity contribution in [3.05, 3.63) is 46.8 Å². The number of pyridine rings is 1. The first-order chi connectivity index (χ1) is 8.16. The first kappa shape index (κ1) is 10.3. The summed E-state index contributed by atoms with van der Waals surface area (Å²) in [5, 5.41) is 11.0. The number of rotatable bonds is 1. The van der Waals surface area contributed by atoms with Gasteiger partial charge in [-0.15, -0.1) is 0 Å². The van der Waals surface area contributed by atoms with Crippen molar-refractivity contribution in [2.75, 3.05) is 0 Å². The predicted octanol–water partition coefficient (Wildman–Crippen LogP) is 2.95. The fraction of sp³-hybridized carbons (Fsp3) is 0. The van der Waals surface area contributed by atoms with Crippen molar-refractivity contribution in [3.8, 4) is 0 Å². The zero-order chi connectivity index (χ0) is 12.0. The summed E-state index contributed by atoms with van der Waals surface area (Å²) in [6.45, 7) is 0. The molecule has 84 valence electrons. The zero-order valence-corrected chi connectivity index (χ0v) is 10.2. The normalized spacial score (nSPS) is 11.1. The summed E-state index contributed by atoms with van der Waals surface area (Å²) >= 11 is 3.40. The molecular formula is C12H7BrN2O2. The van der Waals surface area contributed by atoms with Gasteiger partial charge in [0.2, 0.25) is 0 Å². The number of carbonyl (C=O) groups is 1. The van der Waals surface area contributed by atoms with Crippen LogP contribution in [0.4, 0.5) is 0 Å². The van der Waals surface area contributed by atoms with Crippen molar-refractivity contribution in [1.29, 1.82) is 0 Å². The van der Waals surface area contributed by atoms with E-state index in [9.17, 15) is 4.79 Å². The first-order valence-electron chi connectivity index (χ1n) is 4.95. The van der Waals surface area contributed by atoms with Gasteiger partial charge < -0.3 is 5.11 Å². The van der Waals surface area contributed by atoms with Crippen LogP contribution in [0.3, 0.4) is 0 Å². The molecule has 0 aliphatic rings. The van der Waals surface area contributed by atoms with E-state index >= 15 is 0 Å². The van der Waals surface area contributed by atoms with Crippen molar-refractivity contribution >= 4 is 38.3 Å². The third-order valence-corrected chi connectivity index (χ3v) is 3.17. The molecule has 1 aromatic carbocycles. The number of hydrogen-bond donors (Lipinski definition) is 1. The van der Waals surface area contributed by atoms with Gasteiger partial charge in [-0.3, -0.25) is 4.40 Å². The van der Waals surface area contributed by atoms with E-state index in [1.54, 1.807) is 10.6 Å². The maximum atomic E-state index is 11.0. The summed E-state index contributed by atoms with van der Waals surface area (Å²) in [4.78, 5) is 15.2. The van der Waals surface area contributed by atoms with Crippen LogP contribution in [0.1, 0.15) is 10.5 Å². The highest BCUT2D eigenvalue weighted by Crippen LogP contribution is 2.23. The smallest absolute Gasteiger partial charge is 0.354 e. The van der Waals surface area contributed by atoms with Crippen molar-refractivity contribution in [3.63, 3.8) is 0 Å². The number of imidazole rings is 1. The van der Waals surface area contributed by atoms with Gasteiger partial charge >= 0.3 is 5.97 Å². The second kappa shape index (κ2) is 3.56. The van der Waals surface area contributed by atoms with Crippen molar-refractivity contribution in [2.45, 2.75) is 0 Å². The van der Waals surface area contributed by atoms with E-state index in [-0.39, 0.29) is 5.69 Å². The van der Waals surface area contributed by atoms with Crippen molar-refractivity contribution < 1.29 is 9.90 Å². The standard InChI is InChI=1S/C12H7BrN2O2/c13-8-2-1-7-3-4-15-10(12(16)17)6-14-11(15)9(7)5-8/h1-6H,(H,16,17). The van der Waals surface area contributed by atoms with Gasteiger partial charge in [-0.05, 0) is 23.6 Å². The lowest BCUT2D eigenvalue weighted by atomic mass is 10.2. The number of aromatic nitrogens is 2. The summed E-state index contributed by atoms with van der Waals surface area (Å²) in [5.74, 6) is -0.980. The van der Waals surface area contributed by atoms with Gasteiger partial charge in [0.05, 0.1) is 6.20 Å². The number of halogens is 1. The summed E-state index contributed by atoms with van der Waals surface area (Å²) < 4.78 is 2.52. The van der Waals surface area contributed by atoms with Crippen LogP contribution in [0.2, 0.25) is 0 Å². The van der Waals surface area contributed by atoms with Crippen LogP contribution >= 0.6 is 15.9 Å². The molecule has 0 bridgehead atoms. The molecule has 2 aromatic heterocycles. The number of hydrogen-bond acceptors (Lipinski definition) is 2. The van der Waals surface area contributed by atoms with E-state index < -0.39 is 5.97 Å². The second-order valence-electron chi connectivity index (χ2n) is 3.69. The first-order valence-corrected chi connectivity index (χ1v) is 5.75. The van der Waals surface area contributed by atoms with Gasteiger partial charge in [-0.2, -0.15) is 0 Å². The molecule has 0 amide bonds. The van der Waals surface area contributed by atoms with Crippen molar-refractivity contribution in [1.82, 2.24) is 9.38 Å². The Hall–Kier alpha value is -1.88. The Balaban J connectivity index is 2.48. The fourth-order valence-electron chi connectivity index (χ4n) is 1.89. The monoisotopic (exact) mass is 290 g/mol. The molecule has 1 N–H and O–H groups in total. The van der Waals surface area contributed by atoms with Crippen LogP contribution in [0.25, 0.3) is 16.4 Å². The van der Waals surface area contributed by atoms with Gasteiger partial charge in [-0.25, -0.2) is 9.78 Å². The van der Waals surface area contributed by atoms with Crippen LogP contribution < -0.4 is 0 Å². The average Bonchev–Trinajstić information content (AvgIpc) is 2.72.